The first-order valence-corrected chi connectivity index (χ1v) is 3.51. The lowest BCUT2D eigenvalue weighted by molar-refractivity contribution is 0.0657. The van der Waals surface area contributed by atoms with E-state index in [1.807, 2.05) is 10.8 Å². The summed E-state index contributed by atoms with van der Waals surface area (Å²) in [6.45, 7) is 4.96. The third-order valence-corrected chi connectivity index (χ3v) is 1.77. The van der Waals surface area contributed by atoms with Crippen molar-refractivity contribution in [2.45, 2.75) is 12.6 Å². The molecule has 0 amide bonds. The summed E-state index contributed by atoms with van der Waals surface area (Å²) in [5, 5.41) is 7.71. The Kier molecular flexibility index (Phi) is 1.47. The van der Waals surface area contributed by atoms with Crippen LogP contribution in [0.2, 0.25) is 0 Å². The van der Waals surface area contributed by atoms with Crippen molar-refractivity contribution < 1.29 is 4.74 Å². The standard InChI is InChI=1S/C7H9N3O/c1-2-6-4-11-5-7-3-8-9-10(6)7/h2-3,6H,1,4-5H2. The van der Waals surface area contributed by atoms with Crippen LogP contribution in [0, 0.1) is 0 Å². The Morgan fingerprint density at radius 1 is 1.82 bits per heavy atom. The van der Waals surface area contributed by atoms with Crippen LogP contribution in [-0.4, -0.2) is 21.6 Å². The predicted molar refractivity (Wildman–Crippen MR) is 38.9 cm³/mol. The number of ether oxygens (including phenoxy) is 1. The van der Waals surface area contributed by atoms with Crippen LogP contribution in [0.25, 0.3) is 0 Å². The molecule has 0 aromatic carbocycles. The second kappa shape index (κ2) is 2.47. The Hall–Kier alpha value is -1.16. The van der Waals surface area contributed by atoms with Gasteiger partial charge in [-0.3, -0.25) is 0 Å². The molecule has 0 radical (unpaired) electrons. The van der Waals surface area contributed by atoms with Crippen LogP contribution in [0.4, 0.5) is 0 Å². The monoisotopic (exact) mass is 151 g/mol. The molecule has 0 saturated carbocycles. The number of rotatable bonds is 1. The van der Waals surface area contributed by atoms with E-state index in [0.717, 1.165) is 5.69 Å². The number of fused-ring (bicyclic) bond motifs is 1. The van der Waals surface area contributed by atoms with Crippen molar-refractivity contribution in [1.82, 2.24) is 15.0 Å². The van der Waals surface area contributed by atoms with E-state index in [0.29, 0.717) is 13.2 Å². The summed E-state index contributed by atoms with van der Waals surface area (Å²) in [6, 6.07) is 0.154. The van der Waals surface area contributed by atoms with E-state index in [9.17, 15) is 0 Å². The molecule has 1 atom stereocenters. The summed E-state index contributed by atoms with van der Waals surface area (Å²) in [7, 11) is 0. The summed E-state index contributed by atoms with van der Waals surface area (Å²) < 4.78 is 7.13. The topological polar surface area (TPSA) is 39.9 Å². The molecule has 2 heterocycles. The van der Waals surface area contributed by atoms with Gasteiger partial charge in [-0.05, 0) is 0 Å². The van der Waals surface area contributed by atoms with Crippen LogP contribution in [0.5, 0.6) is 0 Å². The van der Waals surface area contributed by atoms with Gasteiger partial charge < -0.3 is 4.74 Å². The first-order valence-electron chi connectivity index (χ1n) is 3.51. The van der Waals surface area contributed by atoms with Gasteiger partial charge in [-0.25, -0.2) is 4.68 Å². The number of hydrogen-bond acceptors (Lipinski definition) is 3. The van der Waals surface area contributed by atoms with Gasteiger partial charge in [-0.15, -0.1) is 11.7 Å². The molecule has 4 heteroatoms. The molecule has 1 aliphatic heterocycles. The van der Waals surface area contributed by atoms with Gasteiger partial charge in [0.05, 0.1) is 31.1 Å². The van der Waals surface area contributed by atoms with Gasteiger partial charge in [0.15, 0.2) is 0 Å². The molecule has 0 bridgehead atoms. The molecule has 1 aliphatic rings. The molecule has 11 heavy (non-hydrogen) atoms. The number of nitrogens with zero attached hydrogens (tertiary/aromatic N) is 3. The molecule has 0 spiro atoms. The molecule has 58 valence electrons. The zero-order valence-electron chi connectivity index (χ0n) is 6.10. The van der Waals surface area contributed by atoms with Crippen molar-refractivity contribution in [2.75, 3.05) is 6.61 Å². The minimum atomic E-state index is 0.154. The largest absolute Gasteiger partial charge is 0.373 e. The van der Waals surface area contributed by atoms with Gasteiger partial charge in [0.1, 0.15) is 0 Å². The Labute approximate surface area is 64.5 Å². The molecule has 0 saturated heterocycles. The molecule has 1 aromatic heterocycles. The highest BCUT2D eigenvalue weighted by molar-refractivity contribution is 5.00. The summed E-state index contributed by atoms with van der Waals surface area (Å²) in [4.78, 5) is 0. The molecular weight excluding hydrogens is 142 g/mol. The smallest absolute Gasteiger partial charge is 0.0952 e. The minimum Gasteiger partial charge on any atom is -0.373 e. The minimum absolute atomic E-state index is 0.154. The van der Waals surface area contributed by atoms with Crippen molar-refractivity contribution >= 4 is 0 Å². The second-order valence-electron chi connectivity index (χ2n) is 2.49. The summed E-state index contributed by atoms with van der Waals surface area (Å²) in [5.41, 5.74) is 1.01. The van der Waals surface area contributed by atoms with E-state index in [2.05, 4.69) is 16.9 Å². The zero-order valence-corrected chi connectivity index (χ0v) is 6.10. The highest BCUT2D eigenvalue weighted by Gasteiger charge is 2.17. The molecule has 2 rings (SSSR count). The van der Waals surface area contributed by atoms with E-state index in [1.54, 1.807) is 6.20 Å². The molecule has 0 fully saturated rings. The molecule has 1 unspecified atom stereocenters. The normalized spacial score (nSPS) is 22.7. The Morgan fingerprint density at radius 3 is 3.55 bits per heavy atom. The van der Waals surface area contributed by atoms with Crippen LogP contribution in [-0.2, 0) is 11.3 Å². The molecule has 0 aliphatic carbocycles. The first kappa shape index (κ1) is 6.54. The number of aromatic nitrogens is 3. The lowest BCUT2D eigenvalue weighted by atomic mass is 10.3. The fourth-order valence-corrected chi connectivity index (χ4v) is 1.17. The summed E-state index contributed by atoms with van der Waals surface area (Å²) in [5.74, 6) is 0. The SMILES string of the molecule is C=CC1COCc2cnnn21. The fourth-order valence-electron chi connectivity index (χ4n) is 1.17. The maximum Gasteiger partial charge on any atom is 0.0952 e. The van der Waals surface area contributed by atoms with Crippen molar-refractivity contribution in [2.24, 2.45) is 0 Å². The average molecular weight is 151 g/mol. The summed E-state index contributed by atoms with van der Waals surface area (Å²) in [6.07, 6.45) is 3.53. The van der Waals surface area contributed by atoms with Gasteiger partial charge in [-0.2, -0.15) is 0 Å². The molecular formula is C7H9N3O. The predicted octanol–water partition coefficient (Wildman–Crippen LogP) is 0.535. The van der Waals surface area contributed by atoms with Crippen LogP contribution < -0.4 is 0 Å². The fraction of sp³-hybridized carbons (Fsp3) is 0.429. The van der Waals surface area contributed by atoms with Gasteiger partial charge in [0.2, 0.25) is 0 Å². The highest BCUT2D eigenvalue weighted by Crippen LogP contribution is 2.16. The van der Waals surface area contributed by atoms with E-state index in [-0.39, 0.29) is 6.04 Å². The average Bonchev–Trinajstić information content (AvgIpc) is 2.50. The third kappa shape index (κ3) is 0.952. The second-order valence-corrected chi connectivity index (χ2v) is 2.49. The van der Waals surface area contributed by atoms with E-state index in [1.165, 1.54) is 0 Å². The number of hydrogen-bond donors (Lipinski definition) is 0. The molecule has 1 aromatic rings. The van der Waals surface area contributed by atoms with Crippen LogP contribution >= 0.6 is 0 Å². The van der Waals surface area contributed by atoms with Crippen molar-refractivity contribution in [3.63, 3.8) is 0 Å². The molecule has 0 N–H and O–H groups in total. The van der Waals surface area contributed by atoms with Crippen LogP contribution in [0.15, 0.2) is 18.9 Å². The zero-order chi connectivity index (χ0) is 7.68. The van der Waals surface area contributed by atoms with E-state index < -0.39 is 0 Å². The Morgan fingerprint density at radius 2 is 2.73 bits per heavy atom. The lowest BCUT2D eigenvalue weighted by Crippen LogP contribution is -2.22. The highest BCUT2D eigenvalue weighted by atomic mass is 16.5. The van der Waals surface area contributed by atoms with Gasteiger partial charge in [-0.1, -0.05) is 11.3 Å². The maximum absolute atomic E-state index is 5.29. The van der Waals surface area contributed by atoms with Gasteiger partial charge in [0, 0.05) is 0 Å². The quantitative estimate of drug-likeness (QED) is 0.550. The van der Waals surface area contributed by atoms with Crippen LogP contribution in [0.1, 0.15) is 11.7 Å². The maximum atomic E-state index is 5.29. The molecule has 4 nitrogen and oxygen atoms in total. The van der Waals surface area contributed by atoms with E-state index in [4.69, 9.17) is 4.74 Å². The van der Waals surface area contributed by atoms with Crippen LogP contribution in [0.3, 0.4) is 0 Å². The Balaban J connectivity index is 2.39. The van der Waals surface area contributed by atoms with Gasteiger partial charge >= 0.3 is 0 Å². The van der Waals surface area contributed by atoms with Crippen molar-refractivity contribution in [1.29, 1.82) is 0 Å². The first-order chi connectivity index (χ1) is 5.42. The lowest BCUT2D eigenvalue weighted by Gasteiger charge is -2.20. The third-order valence-electron chi connectivity index (χ3n) is 1.77. The Bertz CT molecular complexity index is 268. The summed E-state index contributed by atoms with van der Waals surface area (Å²) >= 11 is 0. The van der Waals surface area contributed by atoms with Gasteiger partial charge in [0.25, 0.3) is 0 Å². The van der Waals surface area contributed by atoms with Crippen molar-refractivity contribution in [3.8, 4) is 0 Å². The van der Waals surface area contributed by atoms with E-state index >= 15 is 0 Å². The van der Waals surface area contributed by atoms with Crippen molar-refractivity contribution in [3.05, 3.63) is 24.5 Å².